The Hall–Kier alpha value is -0.350. The van der Waals surface area contributed by atoms with Crippen LogP contribution in [0.2, 0.25) is 0 Å². The lowest BCUT2D eigenvalue weighted by molar-refractivity contribution is -0.120. The molecule has 2 nitrogen and oxygen atoms in total. The Kier molecular flexibility index (Phi) is 6.94. The van der Waals surface area contributed by atoms with E-state index in [2.05, 4.69) is 51.0 Å². The molecule has 0 aliphatic carbocycles. The number of anilines is 1. The Labute approximate surface area is 126 Å². The summed E-state index contributed by atoms with van der Waals surface area (Å²) in [7, 11) is 0. The van der Waals surface area contributed by atoms with Crippen molar-refractivity contribution in [2.75, 3.05) is 5.32 Å². The number of hydrogen-bond acceptors (Lipinski definition) is 1. The van der Waals surface area contributed by atoms with E-state index in [0.717, 1.165) is 40.3 Å². The molecule has 0 aliphatic rings. The molecule has 18 heavy (non-hydrogen) atoms. The van der Waals surface area contributed by atoms with Crippen molar-refractivity contribution in [1.82, 2.24) is 0 Å². The van der Waals surface area contributed by atoms with Crippen molar-refractivity contribution in [3.8, 4) is 0 Å². The van der Waals surface area contributed by atoms with Crippen LogP contribution < -0.4 is 5.32 Å². The molecule has 0 saturated carbocycles. The van der Waals surface area contributed by atoms with Gasteiger partial charge >= 0.3 is 0 Å². The normalized spacial score (nSPS) is 12.2. The molecule has 1 unspecified atom stereocenters. The summed E-state index contributed by atoms with van der Waals surface area (Å²) in [5.74, 6) is 0.223. The fourth-order valence-electron chi connectivity index (χ4n) is 1.80. The molecule has 0 aromatic heterocycles. The van der Waals surface area contributed by atoms with Gasteiger partial charge in [-0.3, -0.25) is 4.79 Å². The predicted molar refractivity (Wildman–Crippen MR) is 83.8 cm³/mol. The summed E-state index contributed by atoms with van der Waals surface area (Å²) in [6, 6.07) is 5.77. The average molecular weight is 377 g/mol. The van der Waals surface area contributed by atoms with Crippen molar-refractivity contribution in [1.29, 1.82) is 0 Å². The Morgan fingerprint density at radius 1 is 1.33 bits per heavy atom. The van der Waals surface area contributed by atoms with Gasteiger partial charge in [0.15, 0.2) is 0 Å². The van der Waals surface area contributed by atoms with Gasteiger partial charge in [-0.2, -0.15) is 0 Å². The monoisotopic (exact) mass is 375 g/mol. The molecule has 1 atom stereocenters. The lowest BCUT2D eigenvalue weighted by Crippen LogP contribution is -2.22. The van der Waals surface area contributed by atoms with Crippen LogP contribution in [0.25, 0.3) is 0 Å². The molecule has 1 rings (SSSR count). The van der Waals surface area contributed by atoms with E-state index in [4.69, 9.17) is 0 Å². The third kappa shape index (κ3) is 4.73. The first-order chi connectivity index (χ1) is 8.58. The lowest BCUT2D eigenvalue weighted by Gasteiger charge is -2.15. The molecule has 0 bridgehead atoms. The van der Waals surface area contributed by atoms with E-state index >= 15 is 0 Å². The second kappa shape index (κ2) is 7.95. The fraction of sp³-hybridized carbons (Fsp3) is 0.500. The quantitative estimate of drug-likeness (QED) is 0.710. The fourth-order valence-corrected chi connectivity index (χ4v) is 2.51. The molecule has 0 aliphatic heterocycles. The number of benzene rings is 1. The molecular weight excluding hydrogens is 358 g/mol. The molecule has 4 heteroatoms. The standard InChI is InChI=1S/C14H19Br2NO/c1-3-5-6-10(4-2)14(18)17-13-9-11(15)7-8-12(13)16/h7-10H,3-6H2,1-2H3,(H,17,18). The Morgan fingerprint density at radius 2 is 2.06 bits per heavy atom. The summed E-state index contributed by atoms with van der Waals surface area (Å²) >= 11 is 6.86. The van der Waals surface area contributed by atoms with E-state index < -0.39 is 0 Å². The zero-order valence-electron chi connectivity index (χ0n) is 10.8. The number of carbonyl (C=O) groups excluding carboxylic acids is 1. The molecule has 0 radical (unpaired) electrons. The number of nitrogens with one attached hydrogen (secondary N) is 1. The number of halogens is 2. The Morgan fingerprint density at radius 3 is 2.67 bits per heavy atom. The molecular formula is C14H19Br2NO. The molecule has 1 aromatic rings. The zero-order valence-corrected chi connectivity index (χ0v) is 14.0. The van der Waals surface area contributed by atoms with E-state index in [-0.39, 0.29) is 11.8 Å². The molecule has 0 fully saturated rings. The maximum absolute atomic E-state index is 12.2. The van der Waals surface area contributed by atoms with Crippen molar-refractivity contribution in [3.05, 3.63) is 27.1 Å². The first-order valence-corrected chi connectivity index (χ1v) is 7.93. The van der Waals surface area contributed by atoms with Crippen LogP contribution in [0.3, 0.4) is 0 Å². The van der Waals surface area contributed by atoms with E-state index in [1.54, 1.807) is 0 Å². The van der Waals surface area contributed by atoms with Crippen LogP contribution in [0.15, 0.2) is 27.1 Å². The number of unbranched alkanes of at least 4 members (excludes halogenated alkanes) is 1. The summed E-state index contributed by atoms with van der Waals surface area (Å²) in [5, 5.41) is 3.00. The van der Waals surface area contributed by atoms with Crippen LogP contribution in [0.5, 0.6) is 0 Å². The van der Waals surface area contributed by atoms with Gasteiger partial charge in [-0.25, -0.2) is 0 Å². The lowest BCUT2D eigenvalue weighted by atomic mass is 9.98. The van der Waals surface area contributed by atoms with Crippen LogP contribution >= 0.6 is 31.9 Å². The first kappa shape index (κ1) is 15.7. The van der Waals surface area contributed by atoms with Gasteiger partial charge in [-0.15, -0.1) is 0 Å². The van der Waals surface area contributed by atoms with Crippen molar-refractivity contribution >= 4 is 43.5 Å². The van der Waals surface area contributed by atoms with Gasteiger partial charge in [-0.1, -0.05) is 42.6 Å². The Bertz CT molecular complexity index is 407. The molecule has 1 amide bonds. The number of carbonyl (C=O) groups is 1. The third-order valence-electron chi connectivity index (χ3n) is 2.96. The number of amides is 1. The molecule has 1 aromatic carbocycles. The van der Waals surface area contributed by atoms with Gasteiger partial charge in [0.05, 0.1) is 5.69 Å². The maximum Gasteiger partial charge on any atom is 0.227 e. The van der Waals surface area contributed by atoms with Gasteiger partial charge in [0.1, 0.15) is 0 Å². The highest BCUT2D eigenvalue weighted by Gasteiger charge is 2.16. The van der Waals surface area contributed by atoms with Gasteiger partial charge in [0.25, 0.3) is 0 Å². The Balaban J connectivity index is 2.70. The summed E-state index contributed by atoms with van der Waals surface area (Å²) in [5.41, 5.74) is 0.823. The van der Waals surface area contributed by atoms with E-state index in [1.165, 1.54) is 0 Å². The smallest absolute Gasteiger partial charge is 0.227 e. The minimum absolute atomic E-state index is 0.107. The highest BCUT2D eigenvalue weighted by molar-refractivity contribution is 9.11. The SMILES string of the molecule is CCCCC(CC)C(=O)Nc1cc(Br)ccc1Br. The predicted octanol–water partition coefficient (Wildman–Crippen LogP) is 5.37. The average Bonchev–Trinajstić information content (AvgIpc) is 2.35. The van der Waals surface area contributed by atoms with Crippen LogP contribution in [0.4, 0.5) is 5.69 Å². The molecule has 0 spiro atoms. The largest absolute Gasteiger partial charge is 0.325 e. The maximum atomic E-state index is 12.2. The molecule has 1 N–H and O–H groups in total. The number of rotatable bonds is 6. The van der Waals surface area contributed by atoms with Crippen molar-refractivity contribution in [3.63, 3.8) is 0 Å². The molecule has 100 valence electrons. The van der Waals surface area contributed by atoms with Crippen LogP contribution in [-0.4, -0.2) is 5.91 Å². The zero-order chi connectivity index (χ0) is 13.5. The first-order valence-electron chi connectivity index (χ1n) is 6.34. The molecule has 0 heterocycles. The third-order valence-corrected chi connectivity index (χ3v) is 4.14. The molecule has 0 saturated heterocycles. The van der Waals surface area contributed by atoms with Crippen molar-refractivity contribution in [2.24, 2.45) is 5.92 Å². The summed E-state index contributed by atoms with van der Waals surface area (Å²) in [6.45, 7) is 4.21. The highest BCUT2D eigenvalue weighted by atomic mass is 79.9. The van der Waals surface area contributed by atoms with Crippen molar-refractivity contribution < 1.29 is 4.79 Å². The minimum Gasteiger partial charge on any atom is -0.325 e. The summed E-state index contributed by atoms with van der Waals surface area (Å²) in [6.07, 6.45) is 4.08. The van der Waals surface area contributed by atoms with Gasteiger partial charge < -0.3 is 5.32 Å². The van der Waals surface area contributed by atoms with E-state index in [9.17, 15) is 4.79 Å². The second-order valence-corrected chi connectivity index (χ2v) is 6.13. The van der Waals surface area contributed by atoms with Crippen molar-refractivity contribution in [2.45, 2.75) is 39.5 Å². The highest BCUT2D eigenvalue weighted by Crippen LogP contribution is 2.27. The number of hydrogen-bond donors (Lipinski definition) is 1. The second-order valence-electron chi connectivity index (χ2n) is 4.36. The van der Waals surface area contributed by atoms with Gasteiger partial charge in [0.2, 0.25) is 5.91 Å². The summed E-state index contributed by atoms with van der Waals surface area (Å²) in [4.78, 5) is 12.2. The van der Waals surface area contributed by atoms with E-state index in [1.807, 2.05) is 18.2 Å². The van der Waals surface area contributed by atoms with Gasteiger partial charge in [-0.05, 0) is 47.0 Å². The van der Waals surface area contributed by atoms with Gasteiger partial charge in [0, 0.05) is 14.9 Å². The van der Waals surface area contributed by atoms with Crippen LogP contribution in [0, 0.1) is 5.92 Å². The van der Waals surface area contributed by atoms with Crippen LogP contribution in [-0.2, 0) is 4.79 Å². The summed E-state index contributed by atoms with van der Waals surface area (Å²) < 4.78 is 1.87. The minimum atomic E-state index is 0.107. The van der Waals surface area contributed by atoms with Crippen LogP contribution in [0.1, 0.15) is 39.5 Å². The topological polar surface area (TPSA) is 29.1 Å². The van der Waals surface area contributed by atoms with E-state index in [0.29, 0.717) is 0 Å².